The van der Waals surface area contributed by atoms with Crippen molar-refractivity contribution in [2.75, 3.05) is 7.11 Å². The summed E-state index contributed by atoms with van der Waals surface area (Å²) in [6, 6.07) is 10.3. The van der Waals surface area contributed by atoms with Crippen molar-refractivity contribution in [3.05, 3.63) is 30.3 Å². The zero-order chi connectivity index (χ0) is 14.3. The van der Waals surface area contributed by atoms with Crippen LogP contribution >= 0.6 is 0 Å². The first-order valence-electron chi connectivity index (χ1n) is 6.95. The number of para-hydroxylation sites is 1. The van der Waals surface area contributed by atoms with Crippen LogP contribution in [0.25, 0.3) is 0 Å². The zero-order valence-electron chi connectivity index (χ0n) is 12.7. The summed E-state index contributed by atoms with van der Waals surface area (Å²) in [4.78, 5) is 6.07. The molecule has 1 N–H and O–H groups in total. The zero-order valence-corrected chi connectivity index (χ0v) is 12.7. The van der Waals surface area contributed by atoms with Gasteiger partial charge < -0.3 is 5.11 Å². The molecule has 19 heavy (non-hydrogen) atoms. The highest BCUT2D eigenvalue weighted by atomic mass is 16.7. The molecular formula is C16H26NO2+. The second-order valence-corrected chi connectivity index (χ2v) is 6.81. The van der Waals surface area contributed by atoms with Gasteiger partial charge in [-0.25, -0.2) is 0 Å². The molecule has 1 fully saturated rings. The van der Waals surface area contributed by atoms with Crippen LogP contribution in [0.15, 0.2) is 30.3 Å². The normalized spacial score (nSPS) is 33.1. The molecular weight excluding hydrogens is 238 g/mol. The molecule has 0 atom stereocenters. The highest BCUT2D eigenvalue weighted by Gasteiger charge is 2.62. The molecule has 1 aromatic carbocycles. The number of quaternary nitrogens is 1. The lowest BCUT2D eigenvalue weighted by Gasteiger charge is -2.58. The van der Waals surface area contributed by atoms with E-state index in [1.807, 2.05) is 18.2 Å². The average molecular weight is 264 g/mol. The molecule has 0 aromatic heterocycles. The van der Waals surface area contributed by atoms with E-state index in [0.717, 1.165) is 18.5 Å². The van der Waals surface area contributed by atoms with Gasteiger partial charge in [0.25, 0.3) is 0 Å². The standard InChI is InChI=1S/C16H26NO2/c1-15(2)11-14(18)12-16(3,4)17(15,19-5)13-9-7-6-8-10-13/h6-10,14,18H,11-12H2,1-5H3/q+1. The van der Waals surface area contributed by atoms with Crippen LogP contribution in [0, 0.1) is 0 Å². The van der Waals surface area contributed by atoms with Crippen LogP contribution in [0.2, 0.25) is 0 Å². The number of hydrogen-bond acceptors (Lipinski definition) is 2. The number of piperidine rings is 1. The van der Waals surface area contributed by atoms with Crippen molar-refractivity contribution >= 4 is 5.69 Å². The van der Waals surface area contributed by atoms with Crippen LogP contribution in [0.4, 0.5) is 5.69 Å². The predicted molar refractivity (Wildman–Crippen MR) is 78.6 cm³/mol. The first kappa shape index (κ1) is 14.5. The van der Waals surface area contributed by atoms with E-state index in [1.165, 1.54) is 0 Å². The van der Waals surface area contributed by atoms with Crippen LogP contribution in [0.5, 0.6) is 0 Å². The number of nitrogens with zero attached hydrogens (tertiary/aromatic N) is 1. The molecule has 1 aliphatic rings. The van der Waals surface area contributed by atoms with Crippen LogP contribution < -0.4 is 4.65 Å². The molecule has 1 saturated heterocycles. The molecule has 3 nitrogen and oxygen atoms in total. The molecule has 1 heterocycles. The van der Waals surface area contributed by atoms with Gasteiger partial charge in [0.15, 0.2) is 5.69 Å². The summed E-state index contributed by atoms with van der Waals surface area (Å²) in [5.41, 5.74) is 0.779. The third-order valence-corrected chi connectivity index (χ3v) is 4.57. The minimum atomic E-state index is -0.268. The summed E-state index contributed by atoms with van der Waals surface area (Å²) in [6.07, 6.45) is 1.20. The lowest BCUT2D eigenvalue weighted by atomic mass is 9.76. The van der Waals surface area contributed by atoms with E-state index in [0.29, 0.717) is 4.65 Å². The second-order valence-electron chi connectivity index (χ2n) is 6.81. The van der Waals surface area contributed by atoms with Gasteiger partial charge in [-0.3, -0.25) is 0 Å². The van der Waals surface area contributed by atoms with Gasteiger partial charge in [-0.1, -0.05) is 18.2 Å². The third-order valence-electron chi connectivity index (χ3n) is 4.57. The molecule has 0 amide bonds. The summed E-state index contributed by atoms with van der Waals surface area (Å²) in [5, 5.41) is 10.2. The maximum Gasteiger partial charge on any atom is 0.166 e. The number of rotatable bonds is 2. The highest BCUT2D eigenvalue weighted by molar-refractivity contribution is 5.45. The van der Waals surface area contributed by atoms with Gasteiger partial charge in [0.1, 0.15) is 11.1 Å². The highest BCUT2D eigenvalue weighted by Crippen LogP contribution is 2.49. The van der Waals surface area contributed by atoms with Gasteiger partial charge in [0.2, 0.25) is 0 Å². The lowest BCUT2D eigenvalue weighted by Crippen LogP contribution is -2.76. The van der Waals surface area contributed by atoms with Crippen molar-refractivity contribution in [2.24, 2.45) is 0 Å². The Bertz CT molecular complexity index is 421. The van der Waals surface area contributed by atoms with E-state index < -0.39 is 0 Å². The van der Waals surface area contributed by atoms with Crippen molar-refractivity contribution in [1.82, 2.24) is 4.65 Å². The van der Waals surface area contributed by atoms with Crippen LogP contribution in [0.1, 0.15) is 40.5 Å². The number of hydroxylamine groups is 2. The average Bonchev–Trinajstić information content (AvgIpc) is 2.27. The maximum absolute atomic E-state index is 10.2. The summed E-state index contributed by atoms with van der Waals surface area (Å²) >= 11 is 0. The Morgan fingerprint density at radius 3 is 1.95 bits per heavy atom. The van der Waals surface area contributed by atoms with Crippen molar-refractivity contribution in [3.63, 3.8) is 0 Å². The molecule has 0 spiro atoms. The van der Waals surface area contributed by atoms with Crippen molar-refractivity contribution in [2.45, 2.75) is 57.7 Å². The van der Waals surface area contributed by atoms with E-state index in [1.54, 1.807) is 7.11 Å². The summed E-state index contributed by atoms with van der Waals surface area (Å²) < 4.78 is 0.442. The van der Waals surface area contributed by atoms with Gasteiger partial charge in [0.05, 0.1) is 13.2 Å². The van der Waals surface area contributed by atoms with E-state index in [4.69, 9.17) is 4.84 Å². The smallest absolute Gasteiger partial charge is 0.166 e. The largest absolute Gasteiger partial charge is 0.393 e. The first-order valence-corrected chi connectivity index (χ1v) is 6.95. The Morgan fingerprint density at radius 2 is 1.53 bits per heavy atom. The van der Waals surface area contributed by atoms with E-state index in [2.05, 4.69) is 39.8 Å². The number of benzene rings is 1. The van der Waals surface area contributed by atoms with Crippen LogP contribution in [0.3, 0.4) is 0 Å². The summed E-state index contributed by atoms with van der Waals surface area (Å²) in [7, 11) is 1.77. The first-order chi connectivity index (χ1) is 8.77. The Kier molecular flexibility index (Phi) is 3.50. The Labute approximate surface area is 116 Å². The molecule has 2 rings (SSSR count). The van der Waals surface area contributed by atoms with E-state index in [9.17, 15) is 5.11 Å². The summed E-state index contributed by atoms with van der Waals surface area (Å²) in [5.74, 6) is 0. The van der Waals surface area contributed by atoms with E-state index in [-0.39, 0.29) is 17.2 Å². The Morgan fingerprint density at radius 1 is 1.05 bits per heavy atom. The SMILES string of the molecule is CO[N+]1(c2ccccc2)C(C)(C)CC(O)CC1(C)C. The quantitative estimate of drug-likeness (QED) is 0.831. The number of aliphatic hydroxyl groups is 1. The molecule has 106 valence electrons. The monoisotopic (exact) mass is 264 g/mol. The minimum Gasteiger partial charge on any atom is -0.393 e. The fraction of sp³-hybridized carbons (Fsp3) is 0.625. The van der Waals surface area contributed by atoms with Gasteiger partial charge in [-0.05, 0) is 27.7 Å². The van der Waals surface area contributed by atoms with Crippen molar-refractivity contribution in [1.29, 1.82) is 0 Å². The van der Waals surface area contributed by atoms with Gasteiger partial charge in [-0.15, -0.1) is 4.65 Å². The third kappa shape index (κ3) is 2.00. The lowest BCUT2D eigenvalue weighted by molar-refractivity contribution is -0.263. The Hall–Kier alpha value is -0.900. The fourth-order valence-corrected chi connectivity index (χ4v) is 4.24. The molecule has 0 radical (unpaired) electrons. The molecule has 1 aliphatic heterocycles. The predicted octanol–water partition coefficient (Wildman–Crippen LogP) is 3.27. The molecule has 0 aliphatic carbocycles. The minimum absolute atomic E-state index is 0.183. The van der Waals surface area contributed by atoms with Crippen LogP contribution in [-0.4, -0.2) is 29.4 Å². The molecule has 0 bridgehead atoms. The molecule has 3 heteroatoms. The van der Waals surface area contributed by atoms with Crippen molar-refractivity contribution in [3.8, 4) is 0 Å². The molecule has 0 saturated carbocycles. The molecule has 1 aromatic rings. The van der Waals surface area contributed by atoms with Crippen LogP contribution in [-0.2, 0) is 4.84 Å². The summed E-state index contributed by atoms with van der Waals surface area (Å²) in [6.45, 7) is 8.70. The van der Waals surface area contributed by atoms with Gasteiger partial charge >= 0.3 is 0 Å². The molecule has 0 unspecified atom stereocenters. The van der Waals surface area contributed by atoms with Gasteiger partial charge in [-0.2, -0.15) is 4.84 Å². The topological polar surface area (TPSA) is 29.5 Å². The van der Waals surface area contributed by atoms with Crippen molar-refractivity contribution < 1.29 is 9.94 Å². The van der Waals surface area contributed by atoms with Gasteiger partial charge in [0, 0.05) is 25.0 Å². The second kappa shape index (κ2) is 4.58. The maximum atomic E-state index is 10.2. The van der Waals surface area contributed by atoms with E-state index >= 15 is 0 Å². The number of aliphatic hydroxyl groups excluding tert-OH is 1. The number of hydrogen-bond donors (Lipinski definition) is 1. The Balaban J connectivity index is 2.64. The fourth-order valence-electron chi connectivity index (χ4n) is 4.24.